The fourth-order valence-electron chi connectivity index (χ4n) is 1.92. The van der Waals surface area contributed by atoms with Crippen molar-refractivity contribution in [2.75, 3.05) is 0 Å². The van der Waals surface area contributed by atoms with Crippen molar-refractivity contribution in [3.05, 3.63) is 58.6 Å². The number of hydrogen-bond donors (Lipinski definition) is 1. The van der Waals surface area contributed by atoms with Crippen LogP contribution in [0.15, 0.2) is 42.5 Å². The van der Waals surface area contributed by atoms with Crippen LogP contribution in [0.1, 0.15) is 18.1 Å². The molecule has 2 aromatic carbocycles. The monoisotopic (exact) mass is 275 g/mol. The lowest BCUT2D eigenvalue weighted by Crippen LogP contribution is -2.17. The number of benzene rings is 2. The highest BCUT2D eigenvalue weighted by molar-refractivity contribution is 6.31. The Morgan fingerprint density at radius 3 is 2.53 bits per heavy atom. The molecule has 1 atom stereocenters. The largest absolute Gasteiger partial charge is 0.457 e. The average Bonchev–Trinajstić information content (AvgIpc) is 2.32. The molecule has 2 aromatic rings. The first kappa shape index (κ1) is 13.9. The van der Waals surface area contributed by atoms with Crippen molar-refractivity contribution in [3.8, 4) is 11.5 Å². The summed E-state index contributed by atoms with van der Waals surface area (Å²) in [7, 11) is 0. The van der Waals surface area contributed by atoms with Gasteiger partial charge in [0.1, 0.15) is 11.5 Å². The van der Waals surface area contributed by atoms with Crippen molar-refractivity contribution < 1.29 is 4.74 Å². The molecule has 0 saturated carbocycles. The molecule has 0 aromatic heterocycles. The smallest absolute Gasteiger partial charge is 0.128 e. The lowest BCUT2D eigenvalue weighted by atomic mass is 10.1. The lowest BCUT2D eigenvalue weighted by molar-refractivity contribution is 0.482. The second-order valence-electron chi connectivity index (χ2n) is 4.85. The summed E-state index contributed by atoms with van der Waals surface area (Å²) in [5, 5.41) is 0.697. The van der Waals surface area contributed by atoms with Crippen LogP contribution in [-0.2, 0) is 6.42 Å². The van der Waals surface area contributed by atoms with Gasteiger partial charge in [-0.1, -0.05) is 29.8 Å². The second kappa shape index (κ2) is 6.09. The van der Waals surface area contributed by atoms with Gasteiger partial charge in [0.25, 0.3) is 0 Å². The Labute approximate surface area is 119 Å². The van der Waals surface area contributed by atoms with Crippen molar-refractivity contribution in [2.24, 2.45) is 5.73 Å². The summed E-state index contributed by atoms with van der Waals surface area (Å²) in [6.07, 6.45) is 0.767. The Bertz CT molecular complexity index is 566. The van der Waals surface area contributed by atoms with Crippen LogP contribution in [0.2, 0.25) is 5.02 Å². The maximum atomic E-state index is 6.24. The van der Waals surface area contributed by atoms with Gasteiger partial charge in [-0.2, -0.15) is 0 Å². The molecule has 0 radical (unpaired) electrons. The highest BCUT2D eigenvalue weighted by Gasteiger charge is 2.06. The van der Waals surface area contributed by atoms with Crippen LogP contribution >= 0.6 is 11.6 Å². The van der Waals surface area contributed by atoms with Gasteiger partial charge >= 0.3 is 0 Å². The van der Waals surface area contributed by atoms with Crippen LogP contribution in [0.4, 0.5) is 0 Å². The molecule has 100 valence electrons. The number of aryl methyl sites for hydroxylation is 1. The minimum Gasteiger partial charge on any atom is -0.457 e. The van der Waals surface area contributed by atoms with Crippen LogP contribution in [-0.4, -0.2) is 6.04 Å². The summed E-state index contributed by atoms with van der Waals surface area (Å²) >= 11 is 6.24. The summed E-state index contributed by atoms with van der Waals surface area (Å²) in [5.74, 6) is 1.56. The zero-order valence-electron chi connectivity index (χ0n) is 11.2. The summed E-state index contributed by atoms with van der Waals surface area (Å²) in [6, 6.07) is 13.7. The molecule has 0 aliphatic carbocycles. The van der Waals surface area contributed by atoms with Crippen molar-refractivity contribution in [2.45, 2.75) is 26.3 Å². The van der Waals surface area contributed by atoms with Gasteiger partial charge in [-0.15, -0.1) is 0 Å². The molecule has 1 unspecified atom stereocenters. The highest BCUT2D eigenvalue weighted by atomic mass is 35.5. The molecule has 0 saturated heterocycles. The molecule has 0 aliphatic heterocycles. The SMILES string of the molecule is Cc1cccc(Oc2ccc(CC(C)N)c(Cl)c2)c1. The van der Waals surface area contributed by atoms with Gasteiger partial charge in [0.15, 0.2) is 0 Å². The minimum atomic E-state index is 0.0982. The summed E-state index contributed by atoms with van der Waals surface area (Å²) in [6.45, 7) is 4.00. The molecular weight excluding hydrogens is 258 g/mol. The molecule has 0 aliphatic rings. The Balaban J connectivity index is 2.16. The standard InChI is InChI=1S/C16H18ClNO/c1-11-4-3-5-14(8-11)19-15-7-6-13(9-12(2)18)16(17)10-15/h3-8,10,12H,9,18H2,1-2H3. The number of halogens is 1. The van der Waals surface area contributed by atoms with E-state index in [1.54, 1.807) is 0 Å². The van der Waals surface area contributed by atoms with Crippen LogP contribution in [0, 0.1) is 6.92 Å². The molecule has 2 N–H and O–H groups in total. The van der Waals surface area contributed by atoms with E-state index in [4.69, 9.17) is 22.1 Å². The molecule has 19 heavy (non-hydrogen) atoms. The molecule has 2 nitrogen and oxygen atoms in total. The van der Waals surface area contributed by atoms with E-state index >= 15 is 0 Å². The average molecular weight is 276 g/mol. The zero-order chi connectivity index (χ0) is 13.8. The summed E-state index contributed by atoms with van der Waals surface area (Å²) in [5.41, 5.74) is 8.00. The molecule has 0 heterocycles. The molecule has 0 amide bonds. The van der Waals surface area contributed by atoms with Gasteiger partial charge in [0.05, 0.1) is 0 Å². The highest BCUT2D eigenvalue weighted by Crippen LogP contribution is 2.27. The molecule has 0 spiro atoms. The third-order valence-corrected chi connectivity index (χ3v) is 3.14. The maximum Gasteiger partial charge on any atom is 0.128 e. The van der Waals surface area contributed by atoms with E-state index in [0.717, 1.165) is 29.0 Å². The van der Waals surface area contributed by atoms with Crippen molar-refractivity contribution >= 4 is 11.6 Å². The molecule has 0 fully saturated rings. The quantitative estimate of drug-likeness (QED) is 0.901. The fourth-order valence-corrected chi connectivity index (χ4v) is 2.17. The van der Waals surface area contributed by atoms with E-state index < -0.39 is 0 Å². The molecule has 2 rings (SSSR count). The van der Waals surface area contributed by atoms with E-state index in [-0.39, 0.29) is 6.04 Å². The molecule has 0 bridgehead atoms. The van der Waals surface area contributed by atoms with Crippen LogP contribution in [0.3, 0.4) is 0 Å². The van der Waals surface area contributed by atoms with E-state index in [2.05, 4.69) is 0 Å². The van der Waals surface area contributed by atoms with Crippen molar-refractivity contribution in [3.63, 3.8) is 0 Å². The first-order valence-corrected chi connectivity index (χ1v) is 6.71. The number of ether oxygens (including phenoxy) is 1. The fraction of sp³-hybridized carbons (Fsp3) is 0.250. The Morgan fingerprint density at radius 1 is 1.16 bits per heavy atom. The minimum absolute atomic E-state index is 0.0982. The number of rotatable bonds is 4. The zero-order valence-corrected chi connectivity index (χ0v) is 11.9. The topological polar surface area (TPSA) is 35.2 Å². The van der Waals surface area contributed by atoms with E-state index in [0.29, 0.717) is 5.02 Å². The van der Waals surface area contributed by atoms with Crippen molar-refractivity contribution in [1.29, 1.82) is 0 Å². The second-order valence-corrected chi connectivity index (χ2v) is 5.26. The van der Waals surface area contributed by atoms with Crippen molar-refractivity contribution in [1.82, 2.24) is 0 Å². The van der Waals surface area contributed by atoms with Gasteiger partial charge in [0.2, 0.25) is 0 Å². The van der Waals surface area contributed by atoms with Gasteiger partial charge in [-0.3, -0.25) is 0 Å². The summed E-state index contributed by atoms with van der Waals surface area (Å²) in [4.78, 5) is 0. The van der Waals surface area contributed by atoms with Gasteiger partial charge in [-0.05, 0) is 55.7 Å². The summed E-state index contributed by atoms with van der Waals surface area (Å²) < 4.78 is 5.78. The predicted molar refractivity (Wildman–Crippen MR) is 80.1 cm³/mol. The third-order valence-electron chi connectivity index (χ3n) is 2.79. The molecule has 3 heteroatoms. The van der Waals surface area contributed by atoms with E-state index in [9.17, 15) is 0 Å². The number of nitrogens with two attached hydrogens (primary N) is 1. The maximum absolute atomic E-state index is 6.24. The first-order valence-electron chi connectivity index (χ1n) is 6.33. The van der Waals surface area contributed by atoms with Crippen LogP contribution in [0.5, 0.6) is 11.5 Å². The van der Waals surface area contributed by atoms with Gasteiger partial charge in [0, 0.05) is 11.1 Å². The van der Waals surface area contributed by atoms with Gasteiger partial charge < -0.3 is 10.5 Å². The van der Waals surface area contributed by atoms with Crippen LogP contribution < -0.4 is 10.5 Å². The van der Waals surface area contributed by atoms with Gasteiger partial charge in [-0.25, -0.2) is 0 Å². The third kappa shape index (κ3) is 3.98. The number of hydrogen-bond acceptors (Lipinski definition) is 2. The Hall–Kier alpha value is -1.51. The first-order chi connectivity index (χ1) is 9.04. The lowest BCUT2D eigenvalue weighted by Gasteiger charge is -2.10. The Morgan fingerprint density at radius 2 is 1.89 bits per heavy atom. The van der Waals surface area contributed by atoms with Crippen LogP contribution in [0.25, 0.3) is 0 Å². The van der Waals surface area contributed by atoms with E-state index in [1.165, 1.54) is 0 Å². The Kier molecular flexibility index (Phi) is 4.46. The van der Waals surface area contributed by atoms with E-state index in [1.807, 2.05) is 56.3 Å². The normalized spacial score (nSPS) is 12.2. The molecular formula is C16H18ClNO. The predicted octanol–water partition coefficient (Wildman–Crippen LogP) is 4.33.